The maximum absolute atomic E-state index is 12.6. The van der Waals surface area contributed by atoms with E-state index in [1.807, 2.05) is 26.0 Å². The maximum atomic E-state index is 12.6. The third-order valence-corrected chi connectivity index (χ3v) is 5.45. The predicted octanol–water partition coefficient (Wildman–Crippen LogP) is 3.53. The number of hydrogen-bond acceptors (Lipinski definition) is 4. The van der Waals surface area contributed by atoms with Crippen LogP contribution in [0.25, 0.3) is 0 Å². The van der Waals surface area contributed by atoms with Gasteiger partial charge < -0.3 is 15.1 Å². The Hall–Kier alpha value is -1.01. The monoisotopic (exact) mass is 543 g/mol. The molecule has 2 aliphatic heterocycles. The highest BCUT2D eigenvalue weighted by atomic mass is 127. The third-order valence-electron chi connectivity index (χ3n) is 5.45. The number of nitrogens with zero attached hydrogens (tertiary/aromatic N) is 3. The summed E-state index contributed by atoms with van der Waals surface area (Å²) in [5.41, 5.74) is 0. The molecule has 30 heavy (non-hydrogen) atoms. The second-order valence-electron chi connectivity index (χ2n) is 7.91. The zero-order valence-electron chi connectivity index (χ0n) is 17.7. The largest absolute Gasteiger partial charge is 0.465 e. The Balaban J connectivity index is 0.00000320. The summed E-state index contributed by atoms with van der Waals surface area (Å²) < 4.78 is 43.8. The third kappa shape index (κ3) is 7.60. The normalized spacial score (nSPS) is 22.2. The van der Waals surface area contributed by atoms with Gasteiger partial charge in [0, 0.05) is 25.7 Å². The molecule has 0 saturated carbocycles. The van der Waals surface area contributed by atoms with Gasteiger partial charge >= 0.3 is 6.18 Å². The van der Waals surface area contributed by atoms with Gasteiger partial charge in [-0.1, -0.05) is 0 Å². The van der Waals surface area contributed by atoms with Crippen LogP contribution in [0, 0.1) is 6.92 Å². The summed E-state index contributed by atoms with van der Waals surface area (Å²) in [5.74, 6) is 2.45. The number of alkyl halides is 3. The van der Waals surface area contributed by atoms with Crippen LogP contribution in [0.2, 0.25) is 0 Å². The molecule has 0 amide bonds. The zero-order chi connectivity index (χ0) is 20.9. The van der Waals surface area contributed by atoms with Crippen molar-refractivity contribution >= 4 is 29.9 Å². The summed E-state index contributed by atoms with van der Waals surface area (Å²) in [6.07, 6.45) is -1.13. The molecule has 0 spiro atoms. The number of aliphatic imine (C=N–C) groups is 1. The highest BCUT2D eigenvalue weighted by Gasteiger charge is 2.34. The quantitative estimate of drug-likeness (QED) is 0.313. The first kappa shape index (κ1) is 25.3. The minimum absolute atomic E-state index is 0. The highest BCUT2D eigenvalue weighted by Crippen LogP contribution is 2.27. The van der Waals surface area contributed by atoms with Crippen LogP contribution < -0.4 is 10.6 Å². The van der Waals surface area contributed by atoms with Crippen molar-refractivity contribution in [2.75, 3.05) is 45.8 Å². The van der Waals surface area contributed by atoms with Crippen LogP contribution in [0.3, 0.4) is 0 Å². The smallest absolute Gasteiger partial charge is 0.401 e. The number of halogens is 4. The lowest BCUT2D eigenvalue weighted by Crippen LogP contribution is -2.45. The number of nitrogens with one attached hydrogen (secondary N) is 2. The SMILES string of the molecule is CCNC(=NCC(c1ccc(C)o1)N1CCCC1)NC1CCN(CC(F)(F)F)C1.I. The van der Waals surface area contributed by atoms with Gasteiger partial charge in [0.05, 0.1) is 19.1 Å². The van der Waals surface area contributed by atoms with Crippen LogP contribution in [-0.2, 0) is 0 Å². The van der Waals surface area contributed by atoms with Crippen LogP contribution in [0.4, 0.5) is 13.2 Å². The van der Waals surface area contributed by atoms with E-state index in [0.29, 0.717) is 38.6 Å². The lowest BCUT2D eigenvalue weighted by molar-refractivity contribution is -0.143. The van der Waals surface area contributed by atoms with E-state index < -0.39 is 12.7 Å². The van der Waals surface area contributed by atoms with Gasteiger partial charge in [0.2, 0.25) is 0 Å². The second-order valence-corrected chi connectivity index (χ2v) is 7.91. The van der Waals surface area contributed by atoms with E-state index in [4.69, 9.17) is 9.41 Å². The summed E-state index contributed by atoms with van der Waals surface area (Å²) in [6.45, 7) is 7.17. The topological polar surface area (TPSA) is 56.0 Å². The molecule has 2 saturated heterocycles. The van der Waals surface area contributed by atoms with E-state index in [1.54, 1.807) is 0 Å². The molecule has 1 aromatic rings. The van der Waals surface area contributed by atoms with Crippen LogP contribution in [0.5, 0.6) is 0 Å². The Morgan fingerprint density at radius 3 is 2.60 bits per heavy atom. The average Bonchev–Trinajstić information content (AvgIpc) is 3.38. The molecule has 2 aliphatic rings. The fourth-order valence-corrected chi connectivity index (χ4v) is 4.11. The van der Waals surface area contributed by atoms with E-state index in [9.17, 15) is 13.2 Å². The minimum atomic E-state index is -4.16. The van der Waals surface area contributed by atoms with Crippen molar-refractivity contribution < 1.29 is 17.6 Å². The molecule has 3 rings (SSSR count). The lowest BCUT2D eigenvalue weighted by atomic mass is 10.2. The predicted molar refractivity (Wildman–Crippen MR) is 122 cm³/mol. The first-order chi connectivity index (χ1) is 13.8. The number of guanidine groups is 1. The van der Waals surface area contributed by atoms with Crippen LogP contribution in [0.15, 0.2) is 21.5 Å². The summed E-state index contributed by atoms with van der Waals surface area (Å²) in [6, 6.07) is 4.03. The Labute approximate surface area is 193 Å². The molecule has 2 unspecified atom stereocenters. The molecule has 3 heterocycles. The summed E-state index contributed by atoms with van der Waals surface area (Å²) >= 11 is 0. The van der Waals surface area contributed by atoms with Gasteiger partial charge in [0.1, 0.15) is 11.5 Å². The molecule has 172 valence electrons. The van der Waals surface area contributed by atoms with Crippen molar-refractivity contribution in [1.82, 2.24) is 20.4 Å². The minimum Gasteiger partial charge on any atom is -0.465 e. The van der Waals surface area contributed by atoms with Crippen LogP contribution in [-0.4, -0.2) is 73.8 Å². The molecule has 2 fully saturated rings. The fourth-order valence-electron chi connectivity index (χ4n) is 4.11. The van der Waals surface area contributed by atoms with E-state index in [1.165, 1.54) is 17.7 Å². The van der Waals surface area contributed by atoms with Gasteiger partial charge in [0.15, 0.2) is 5.96 Å². The Morgan fingerprint density at radius 2 is 2.00 bits per heavy atom. The van der Waals surface area contributed by atoms with Gasteiger partial charge in [0.25, 0.3) is 0 Å². The summed E-state index contributed by atoms with van der Waals surface area (Å²) in [7, 11) is 0. The van der Waals surface area contributed by atoms with Gasteiger partial charge in [-0.05, 0) is 58.3 Å². The Morgan fingerprint density at radius 1 is 1.27 bits per heavy atom. The molecule has 10 heteroatoms. The van der Waals surface area contributed by atoms with Gasteiger partial charge in [-0.25, -0.2) is 0 Å². The average molecular weight is 543 g/mol. The van der Waals surface area contributed by atoms with Gasteiger partial charge in [-0.15, -0.1) is 24.0 Å². The van der Waals surface area contributed by atoms with E-state index in [-0.39, 0.29) is 36.1 Å². The molecular formula is C20H33F3IN5O. The number of rotatable bonds is 7. The van der Waals surface area contributed by atoms with E-state index in [0.717, 1.165) is 24.6 Å². The lowest BCUT2D eigenvalue weighted by Gasteiger charge is -2.25. The molecule has 0 aromatic carbocycles. The van der Waals surface area contributed by atoms with Crippen molar-refractivity contribution in [3.8, 4) is 0 Å². The number of likely N-dealkylation sites (tertiary alicyclic amines) is 2. The van der Waals surface area contributed by atoms with E-state index in [2.05, 4.69) is 15.5 Å². The summed E-state index contributed by atoms with van der Waals surface area (Å²) in [4.78, 5) is 8.60. The van der Waals surface area contributed by atoms with Crippen molar-refractivity contribution in [2.24, 2.45) is 4.99 Å². The standard InChI is InChI=1S/C20H32F3N5O.HI/c1-3-24-19(26-16-8-11-27(13-16)14-20(21,22)23)25-12-17(28-9-4-5-10-28)18-7-6-15(2)29-18;/h6-7,16-17H,3-5,8-14H2,1-2H3,(H2,24,25,26);1H. The van der Waals surface area contributed by atoms with Crippen LogP contribution in [0.1, 0.15) is 43.7 Å². The van der Waals surface area contributed by atoms with Crippen molar-refractivity contribution in [1.29, 1.82) is 0 Å². The highest BCUT2D eigenvalue weighted by molar-refractivity contribution is 14.0. The Bertz CT molecular complexity index is 676. The van der Waals surface area contributed by atoms with Crippen molar-refractivity contribution in [3.63, 3.8) is 0 Å². The Kier molecular flexibility index (Phi) is 9.73. The van der Waals surface area contributed by atoms with Gasteiger partial charge in [-0.2, -0.15) is 13.2 Å². The van der Waals surface area contributed by atoms with Gasteiger partial charge in [-0.3, -0.25) is 14.8 Å². The molecule has 1 aromatic heterocycles. The molecule has 0 radical (unpaired) electrons. The van der Waals surface area contributed by atoms with E-state index >= 15 is 0 Å². The molecule has 0 aliphatic carbocycles. The summed E-state index contributed by atoms with van der Waals surface area (Å²) in [5, 5.41) is 6.54. The zero-order valence-corrected chi connectivity index (χ0v) is 20.0. The molecule has 0 bridgehead atoms. The molecule has 2 atom stereocenters. The van der Waals surface area contributed by atoms with Crippen molar-refractivity contribution in [2.45, 2.75) is 51.4 Å². The molecular weight excluding hydrogens is 510 g/mol. The maximum Gasteiger partial charge on any atom is 0.401 e. The van der Waals surface area contributed by atoms with Crippen molar-refractivity contribution in [3.05, 3.63) is 23.7 Å². The number of furan rings is 1. The second kappa shape index (κ2) is 11.6. The number of hydrogen-bond donors (Lipinski definition) is 2. The molecule has 2 N–H and O–H groups in total. The van der Waals surface area contributed by atoms with Crippen LogP contribution >= 0.6 is 24.0 Å². The first-order valence-electron chi connectivity index (χ1n) is 10.5. The number of aryl methyl sites for hydroxylation is 1. The fraction of sp³-hybridized carbons (Fsp3) is 0.750. The first-order valence-corrected chi connectivity index (χ1v) is 10.5. The molecule has 6 nitrogen and oxygen atoms in total.